The van der Waals surface area contributed by atoms with Crippen LogP contribution >= 0.6 is 0 Å². The van der Waals surface area contributed by atoms with Crippen LogP contribution in [0.25, 0.3) is 0 Å². The van der Waals surface area contributed by atoms with E-state index in [1.54, 1.807) is 0 Å². The zero-order valence-electron chi connectivity index (χ0n) is 13.6. The summed E-state index contributed by atoms with van der Waals surface area (Å²) in [7, 11) is 0. The molecule has 0 aromatic carbocycles. The molecule has 8 N–H and O–H groups in total. The summed E-state index contributed by atoms with van der Waals surface area (Å²) >= 11 is 0. The summed E-state index contributed by atoms with van der Waals surface area (Å²) in [6.45, 7) is 0. The number of aliphatic carboxylic acids is 4. The maximum Gasteiger partial charge on any atom is 2.00 e. The summed E-state index contributed by atoms with van der Waals surface area (Å²) in [6.07, 6.45) is -4.73. The summed E-state index contributed by atoms with van der Waals surface area (Å²) in [5, 5.41) is 42.5. The van der Waals surface area contributed by atoms with Crippen molar-refractivity contribution in [3.05, 3.63) is 0 Å². The number of hydrogen-bond donors (Lipinski definition) is 2. The molecular weight excluding hydrogens is 409 g/mol. The van der Waals surface area contributed by atoms with E-state index in [1.807, 2.05) is 0 Å². The van der Waals surface area contributed by atoms with E-state index in [1.165, 1.54) is 0 Å². The first-order valence-corrected chi connectivity index (χ1v) is 5.29. The standard InChI is InChI=1S/C10H16N2O8.Mn.2Na.2H2O/c11-9(1-5(13)14,2-6(15)16)10(12,3-7(17)18)4-8(19)20;;;;;/h1-4,11-12H2,(H,13,14)(H,15,16)(H,17,18)(H,19,20);;;;2*1H2/q;+2;2*+1;;/p-4. The predicted octanol–water partition coefficient (Wildman–Crippen LogP) is -14.7. The molecule has 1 radical (unpaired) electrons. The Bertz CT molecular complexity index is 379. The number of carbonyl (C=O) groups excluding carboxylic acids is 4. The van der Waals surface area contributed by atoms with E-state index in [4.69, 9.17) is 11.5 Å². The molecule has 0 bridgehead atoms. The van der Waals surface area contributed by atoms with Gasteiger partial charge in [0.25, 0.3) is 0 Å². The van der Waals surface area contributed by atoms with Crippen molar-refractivity contribution in [1.82, 2.24) is 0 Å². The number of carboxylic acid groups (broad SMARTS) is 4. The predicted molar refractivity (Wildman–Crippen MR) is 59.6 cm³/mol. The SMILES string of the molecule is NC(CC(=O)[O-])(CC(=O)[O-])C(N)(CC(=O)[O-])CC(=O)[O-].O.O.[Mn+2].[Na+].[Na+]. The third-order valence-corrected chi connectivity index (χ3v) is 2.83. The maximum atomic E-state index is 10.6. The van der Waals surface area contributed by atoms with Crippen molar-refractivity contribution in [1.29, 1.82) is 0 Å². The molecule has 135 valence electrons. The van der Waals surface area contributed by atoms with E-state index < -0.39 is 60.6 Å². The molecule has 0 unspecified atom stereocenters. The van der Waals surface area contributed by atoms with Gasteiger partial charge in [-0.3, -0.25) is 0 Å². The Hall–Kier alpha value is 0.239. The average Bonchev–Trinajstić information content (AvgIpc) is 2.10. The Morgan fingerprint density at radius 2 is 0.720 bits per heavy atom. The summed E-state index contributed by atoms with van der Waals surface area (Å²) in [5.74, 6) is -7.33. The van der Waals surface area contributed by atoms with Crippen molar-refractivity contribution in [2.45, 2.75) is 36.8 Å². The molecule has 12 nitrogen and oxygen atoms in total. The smallest absolute Gasteiger partial charge is 0.550 e. The molecule has 25 heavy (non-hydrogen) atoms. The molecule has 0 saturated heterocycles. The van der Waals surface area contributed by atoms with E-state index >= 15 is 0 Å². The van der Waals surface area contributed by atoms with Crippen molar-refractivity contribution in [2.24, 2.45) is 11.5 Å². The molecule has 0 rings (SSSR count). The largest absolute Gasteiger partial charge is 2.00 e. The molecule has 0 aliphatic heterocycles. The zero-order chi connectivity index (χ0) is 16.1. The van der Waals surface area contributed by atoms with E-state index in [0.717, 1.165) is 0 Å². The average molecular weight is 425 g/mol. The normalized spacial score (nSPS) is 9.52. The second-order valence-corrected chi connectivity index (χ2v) is 4.51. The van der Waals surface area contributed by atoms with E-state index in [0.29, 0.717) is 0 Å². The van der Waals surface area contributed by atoms with Crippen LogP contribution in [-0.2, 0) is 36.2 Å². The maximum absolute atomic E-state index is 10.6. The molecule has 0 aliphatic carbocycles. The van der Waals surface area contributed by atoms with Crippen molar-refractivity contribution in [2.75, 3.05) is 0 Å². The first-order chi connectivity index (χ1) is 8.92. The summed E-state index contributed by atoms with van der Waals surface area (Å²) < 4.78 is 0. The topological polar surface area (TPSA) is 276 Å². The molecule has 0 spiro atoms. The van der Waals surface area contributed by atoms with Crippen LogP contribution in [0.5, 0.6) is 0 Å². The van der Waals surface area contributed by atoms with Gasteiger partial charge >= 0.3 is 76.2 Å². The van der Waals surface area contributed by atoms with Crippen LogP contribution in [0.3, 0.4) is 0 Å². The third kappa shape index (κ3) is 14.0. The van der Waals surface area contributed by atoms with Crippen LogP contribution in [-0.4, -0.2) is 45.9 Å². The zero-order valence-corrected chi connectivity index (χ0v) is 18.8. The monoisotopic (exact) mass is 425 g/mol. The number of hydrogen-bond acceptors (Lipinski definition) is 10. The minimum absolute atomic E-state index is 0. The van der Waals surface area contributed by atoms with Gasteiger partial charge in [0, 0.05) is 60.6 Å². The number of rotatable bonds is 9. The Morgan fingerprint density at radius 1 is 0.600 bits per heavy atom. The van der Waals surface area contributed by atoms with Crippen molar-refractivity contribution in [3.8, 4) is 0 Å². The van der Waals surface area contributed by atoms with Crippen molar-refractivity contribution < 1.29 is 127 Å². The van der Waals surface area contributed by atoms with Gasteiger partial charge in [-0.15, -0.1) is 0 Å². The van der Waals surface area contributed by atoms with Crippen molar-refractivity contribution in [3.63, 3.8) is 0 Å². The Kier molecular flexibility index (Phi) is 26.3. The van der Waals surface area contributed by atoms with Gasteiger partial charge in [-0.1, -0.05) is 0 Å². The fourth-order valence-electron chi connectivity index (χ4n) is 1.86. The molecule has 0 aromatic rings. The molecular formula is C10H16MnN2Na2O10. The molecule has 15 heteroatoms. The molecule has 0 atom stereocenters. The summed E-state index contributed by atoms with van der Waals surface area (Å²) in [4.78, 5) is 42.5. The first kappa shape index (κ1) is 40.1. The second kappa shape index (κ2) is 16.4. The van der Waals surface area contributed by atoms with Gasteiger partial charge < -0.3 is 62.0 Å². The fraction of sp³-hybridized carbons (Fsp3) is 0.600. The Labute approximate surface area is 197 Å². The molecule has 0 saturated carbocycles. The molecule has 0 amide bonds. The number of nitrogens with two attached hydrogens (primary N) is 2. The third-order valence-electron chi connectivity index (χ3n) is 2.83. The van der Waals surface area contributed by atoms with Crippen LogP contribution in [0, 0.1) is 0 Å². The summed E-state index contributed by atoms with van der Waals surface area (Å²) in [5.41, 5.74) is 6.20. The minimum Gasteiger partial charge on any atom is -0.550 e. The van der Waals surface area contributed by atoms with E-state index in [-0.39, 0.29) is 87.1 Å². The molecule has 0 aromatic heterocycles. The van der Waals surface area contributed by atoms with Gasteiger partial charge in [0.1, 0.15) is 0 Å². The van der Waals surface area contributed by atoms with E-state index in [2.05, 4.69) is 0 Å². The fourth-order valence-corrected chi connectivity index (χ4v) is 1.86. The van der Waals surface area contributed by atoms with Gasteiger partial charge in [-0.25, -0.2) is 0 Å². The van der Waals surface area contributed by atoms with Gasteiger partial charge in [-0.05, 0) is 0 Å². The molecule has 0 aliphatic rings. The molecule has 0 heterocycles. The van der Waals surface area contributed by atoms with Crippen molar-refractivity contribution >= 4 is 23.9 Å². The number of carbonyl (C=O) groups is 4. The van der Waals surface area contributed by atoms with Crippen LogP contribution in [0.2, 0.25) is 0 Å². The van der Waals surface area contributed by atoms with Gasteiger partial charge in [0.05, 0.1) is 0 Å². The van der Waals surface area contributed by atoms with Crippen LogP contribution in [0.15, 0.2) is 0 Å². The molecule has 0 fully saturated rings. The van der Waals surface area contributed by atoms with E-state index in [9.17, 15) is 39.6 Å². The van der Waals surface area contributed by atoms with Gasteiger partial charge in [0.15, 0.2) is 0 Å². The summed E-state index contributed by atoms with van der Waals surface area (Å²) in [6, 6.07) is 0. The Balaban J connectivity index is -0.000000180. The first-order valence-electron chi connectivity index (χ1n) is 5.29. The second-order valence-electron chi connectivity index (χ2n) is 4.51. The Morgan fingerprint density at radius 3 is 0.800 bits per heavy atom. The van der Waals surface area contributed by atoms with Crippen LogP contribution < -0.4 is 91.0 Å². The minimum atomic E-state index is -2.43. The van der Waals surface area contributed by atoms with Crippen LogP contribution in [0.1, 0.15) is 25.7 Å². The number of carboxylic acids is 4. The quantitative estimate of drug-likeness (QED) is 0.329. The van der Waals surface area contributed by atoms with Gasteiger partial charge in [-0.2, -0.15) is 0 Å². The van der Waals surface area contributed by atoms with Crippen LogP contribution in [0.4, 0.5) is 0 Å². The van der Waals surface area contributed by atoms with Gasteiger partial charge in [0.2, 0.25) is 0 Å².